The van der Waals surface area contributed by atoms with Gasteiger partial charge in [-0.05, 0) is 134 Å². The Morgan fingerprint density at radius 3 is 2.27 bits per heavy atom. The van der Waals surface area contributed by atoms with E-state index in [4.69, 9.17) is 16.6 Å². The number of rotatable bonds is 3. The number of pyridine rings is 1. The Balaban J connectivity index is 1.38. The molecule has 2 aromatic rings. The van der Waals surface area contributed by atoms with Crippen LogP contribution in [0.2, 0.25) is 11.8 Å². The van der Waals surface area contributed by atoms with Gasteiger partial charge in [0, 0.05) is 20.2 Å². The first-order valence-corrected chi connectivity index (χ1v) is 14.2. The summed E-state index contributed by atoms with van der Waals surface area (Å²) in [4.78, 5) is 9.82. The number of piperidine rings is 2. The minimum absolute atomic E-state index is 0.162. The molecule has 0 radical (unpaired) electrons. The molecule has 4 nitrogen and oxygen atoms in total. The molecule has 1 atom stereocenters. The first kappa shape index (κ1) is 24.3. The summed E-state index contributed by atoms with van der Waals surface area (Å²) in [5.74, 6) is 1.57. The molecular formula is C25H31BBr2ClN3O. The number of halogens is 3. The van der Waals surface area contributed by atoms with Gasteiger partial charge >= 0.3 is 7.05 Å². The third kappa shape index (κ3) is 5.10. The van der Waals surface area contributed by atoms with Gasteiger partial charge in [0.15, 0.2) is 0 Å². The van der Waals surface area contributed by atoms with Gasteiger partial charge in [-0.2, -0.15) is 0 Å². The lowest BCUT2D eigenvalue weighted by atomic mass is 9.75. The van der Waals surface area contributed by atoms with E-state index in [1.54, 1.807) is 0 Å². The van der Waals surface area contributed by atoms with Crippen molar-refractivity contribution in [1.82, 2.24) is 14.7 Å². The molecule has 33 heavy (non-hydrogen) atoms. The average molecular weight is 596 g/mol. The second-order valence-electron chi connectivity index (χ2n) is 9.94. The Bertz CT molecular complexity index is 1010. The summed E-state index contributed by atoms with van der Waals surface area (Å²) in [6, 6.07) is 6.60. The zero-order valence-corrected chi connectivity index (χ0v) is 23.0. The lowest BCUT2D eigenvalue weighted by Crippen LogP contribution is -2.46. The van der Waals surface area contributed by atoms with E-state index in [1.165, 1.54) is 48.1 Å². The van der Waals surface area contributed by atoms with Crippen molar-refractivity contribution in [3.05, 3.63) is 60.7 Å². The molecule has 176 valence electrons. The summed E-state index contributed by atoms with van der Waals surface area (Å²) in [6.45, 7) is 6.13. The van der Waals surface area contributed by atoms with Gasteiger partial charge < -0.3 is 9.83 Å². The highest BCUT2D eigenvalue weighted by Gasteiger charge is 2.37. The van der Waals surface area contributed by atoms with Crippen molar-refractivity contribution >= 4 is 50.5 Å². The Hall–Kier alpha value is -0.435. The molecule has 0 spiro atoms. The highest BCUT2D eigenvalue weighted by Crippen LogP contribution is 2.43. The molecule has 1 aromatic carbocycles. The number of hydrogen-bond acceptors (Lipinski definition) is 4. The van der Waals surface area contributed by atoms with Crippen molar-refractivity contribution < 1.29 is 5.02 Å². The number of benzene rings is 1. The average Bonchev–Trinajstić information content (AvgIpc) is 2.96. The SMILES string of the molecule is CB(O)N1CCC(C2CCN(C3c4ncc(Br)cc4CCc4cc(Cl)cc(Br)c43)CC2)CC1. The van der Waals surface area contributed by atoms with Crippen LogP contribution in [0.1, 0.15) is 54.1 Å². The lowest BCUT2D eigenvalue weighted by molar-refractivity contribution is 0.0960. The molecule has 1 aromatic heterocycles. The van der Waals surface area contributed by atoms with Crippen LogP contribution in [-0.2, 0) is 12.8 Å². The van der Waals surface area contributed by atoms with Gasteiger partial charge in [-0.15, -0.1) is 0 Å². The minimum atomic E-state index is -0.317. The molecule has 0 bridgehead atoms. The topological polar surface area (TPSA) is 39.6 Å². The summed E-state index contributed by atoms with van der Waals surface area (Å²) in [7, 11) is -0.317. The second-order valence-corrected chi connectivity index (χ2v) is 12.1. The number of hydrogen-bond donors (Lipinski definition) is 1. The van der Waals surface area contributed by atoms with Crippen LogP contribution in [0.25, 0.3) is 0 Å². The number of fused-ring (bicyclic) bond motifs is 2. The van der Waals surface area contributed by atoms with Crippen molar-refractivity contribution in [2.75, 3.05) is 26.2 Å². The fraction of sp³-hybridized carbons (Fsp3) is 0.560. The van der Waals surface area contributed by atoms with Crippen LogP contribution in [0.4, 0.5) is 0 Å². The molecule has 1 N–H and O–H groups in total. The van der Waals surface area contributed by atoms with Gasteiger partial charge in [0.25, 0.3) is 0 Å². The largest absolute Gasteiger partial charge is 0.437 e. The lowest BCUT2D eigenvalue weighted by Gasteiger charge is -2.43. The van der Waals surface area contributed by atoms with Crippen LogP contribution in [-0.4, -0.2) is 52.9 Å². The minimum Gasteiger partial charge on any atom is -0.437 e. The number of aryl methyl sites for hydroxylation is 2. The van der Waals surface area contributed by atoms with Crippen LogP contribution >= 0.6 is 43.5 Å². The van der Waals surface area contributed by atoms with E-state index in [-0.39, 0.29) is 13.1 Å². The van der Waals surface area contributed by atoms with E-state index in [1.807, 2.05) is 19.1 Å². The Labute approximate surface area is 219 Å². The number of likely N-dealkylation sites (tertiary alicyclic amines) is 1. The van der Waals surface area contributed by atoms with Crippen molar-refractivity contribution in [3.63, 3.8) is 0 Å². The molecule has 2 aliphatic heterocycles. The van der Waals surface area contributed by atoms with E-state index in [0.717, 1.165) is 64.8 Å². The Morgan fingerprint density at radius 2 is 1.61 bits per heavy atom. The maximum atomic E-state index is 9.89. The molecule has 5 rings (SSSR count). The molecule has 2 saturated heterocycles. The number of nitrogens with zero attached hydrogens (tertiary/aromatic N) is 3. The van der Waals surface area contributed by atoms with Gasteiger partial charge in [0.1, 0.15) is 0 Å². The maximum absolute atomic E-state index is 9.89. The molecule has 8 heteroatoms. The van der Waals surface area contributed by atoms with Crippen LogP contribution in [0.15, 0.2) is 33.3 Å². The van der Waals surface area contributed by atoms with Crippen LogP contribution < -0.4 is 0 Å². The van der Waals surface area contributed by atoms with E-state index in [9.17, 15) is 5.02 Å². The predicted octanol–water partition coefficient (Wildman–Crippen LogP) is 5.98. The first-order chi connectivity index (χ1) is 15.9. The molecule has 1 unspecified atom stereocenters. The highest BCUT2D eigenvalue weighted by atomic mass is 79.9. The molecule has 3 aliphatic rings. The van der Waals surface area contributed by atoms with E-state index >= 15 is 0 Å². The Morgan fingerprint density at radius 1 is 0.970 bits per heavy atom. The van der Waals surface area contributed by atoms with E-state index < -0.39 is 0 Å². The quantitative estimate of drug-likeness (QED) is 0.444. The summed E-state index contributed by atoms with van der Waals surface area (Å²) in [5, 5.41) is 10.7. The normalized spacial score (nSPS) is 23.1. The number of aromatic nitrogens is 1. The zero-order valence-electron chi connectivity index (χ0n) is 19.1. The van der Waals surface area contributed by atoms with E-state index in [0.29, 0.717) is 0 Å². The third-order valence-electron chi connectivity index (χ3n) is 8.05. The fourth-order valence-electron chi connectivity index (χ4n) is 6.26. The predicted molar refractivity (Wildman–Crippen MR) is 143 cm³/mol. The van der Waals surface area contributed by atoms with Crippen molar-refractivity contribution in [3.8, 4) is 0 Å². The molecule has 2 fully saturated rings. The van der Waals surface area contributed by atoms with Gasteiger partial charge in [-0.25, -0.2) is 0 Å². The highest BCUT2D eigenvalue weighted by molar-refractivity contribution is 9.10. The summed E-state index contributed by atoms with van der Waals surface area (Å²) in [5.41, 5.74) is 5.21. The molecule has 1 aliphatic carbocycles. The molecular weight excluding hydrogens is 564 g/mol. The monoisotopic (exact) mass is 593 g/mol. The summed E-state index contributed by atoms with van der Waals surface area (Å²) >= 11 is 13.9. The van der Waals surface area contributed by atoms with Gasteiger partial charge in [-0.3, -0.25) is 9.88 Å². The zero-order chi connectivity index (χ0) is 23.1. The summed E-state index contributed by atoms with van der Waals surface area (Å²) < 4.78 is 2.14. The first-order valence-electron chi connectivity index (χ1n) is 12.2. The van der Waals surface area contributed by atoms with Gasteiger partial charge in [0.05, 0.1) is 11.7 Å². The molecule has 0 saturated carbocycles. The van der Waals surface area contributed by atoms with Crippen LogP contribution in [0, 0.1) is 11.8 Å². The standard InChI is InChI=1S/C25H31BBr2ClN3O/c1-26(33)32-10-6-17(7-11-32)16-4-8-31(9-5-16)25-23-18(13-21(29)14-22(23)28)2-3-19-12-20(27)15-30-24(19)25/h12-17,25,33H,2-11H2,1H3. The van der Waals surface area contributed by atoms with Crippen molar-refractivity contribution in [2.45, 2.75) is 51.4 Å². The molecule has 0 amide bonds. The van der Waals surface area contributed by atoms with Gasteiger partial charge in [-0.1, -0.05) is 27.5 Å². The fourth-order valence-corrected chi connectivity index (χ4v) is 7.73. The van der Waals surface area contributed by atoms with Crippen molar-refractivity contribution in [1.29, 1.82) is 0 Å². The van der Waals surface area contributed by atoms with Gasteiger partial charge in [0.2, 0.25) is 0 Å². The summed E-state index contributed by atoms with van der Waals surface area (Å²) in [6.07, 6.45) is 8.81. The second kappa shape index (κ2) is 10.3. The smallest absolute Gasteiger partial charge is 0.376 e. The van der Waals surface area contributed by atoms with Crippen LogP contribution in [0.3, 0.4) is 0 Å². The molecule has 3 heterocycles. The van der Waals surface area contributed by atoms with Crippen molar-refractivity contribution in [2.24, 2.45) is 11.8 Å². The van der Waals surface area contributed by atoms with Crippen LogP contribution in [0.5, 0.6) is 0 Å². The third-order valence-corrected chi connectivity index (χ3v) is 9.36. The van der Waals surface area contributed by atoms with E-state index in [2.05, 4.69) is 53.7 Å². The Kier molecular flexibility index (Phi) is 7.56. The maximum Gasteiger partial charge on any atom is 0.376 e.